The van der Waals surface area contributed by atoms with Crippen LogP contribution in [-0.4, -0.2) is 13.1 Å². The predicted octanol–water partition coefficient (Wildman–Crippen LogP) is 3.14. The zero-order chi connectivity index (χ0) is 11.8. The van der Waals surface area contributed by atoms with Crippen molar-refractivity contribution < 1.29 is 9.53 Å². The average molecular weight is 280 g/mol. The summed E-state index contributed by atoms with van der Waals surface area (Å²) in [5, 5.41) is 0. The Morgan fingerprint density at radius 1 is 1.56 bits per heavy atom. The molecule has 1 aromatic carbocycles. The van der Waals surface area contributed by atoms with Crippen molar-refractivity contribution >= 4 is 21.9 Å². The van der Waals surface area contributed by atoms with E-state index in [1.807, 2.05) is 6.07 Å². The van der Waals surface area contributed by atoms with Gasteiger partial charge in [0.05, 0.1) is 18.2 Å². The van der Waals surface area contributed by atoms with E-state index in [-0.39, 0.29) is 5.97 Å². The van der Waals surface area contributed by atoms with E-state index in [1.54, 1.807) is 12.1 Å². The van der Waals surface area contributed by atoms with Gasteiger partial charge in [0.15, 0.2) is 0 Å². The molecule has 0 aliphatic heterocycles. The van der Waals surface area contributed by atoms with Crippen LogP contribution in [0.4, 0.5) is 0 Å². The maximum absolute atomic E-state index is 11.6. The molecular weight excluding hydrogens is 270 g/mol. The van der Waals surface area contributed by atoms with Crippen molar-refractivity contribution in [1.82, 2.24) is 0 Å². The number of esters is 1. The van der Waals surface area contributed by atoms with Crippen LogP contribution < -0.4 is 0 Å². The highest BCUT2D eigenvalue weighted by Gasteiger charge is 2.54. The molecule has 0 amide bonds. The smallest absolute Gasteiger partial charge is 0.338 e. The number of rotatable bonds is 2. The SMILES string of the molecule is [C-]#[N+]C1(c2cc(Br)ccc2C(=O)OC)CC1. The Hall–Kier alpha value is -1.34. The fraction of sp³-hybridized carbons (Fsp3) is 0.333. The minimum Gasteiger partial charge on any atom is -0.465 e. The lowest BCUT2D eigenvalue weighted by Gasteiger charge is -2.09. The monoisotopic (exact) mass is 279 g/mol. The second-order valence-electron chi connectivity index (χ2n) is 3.82. The van der Waals surface area contributed by atoms with Gasteiger partial charge >= 0.3 is 5.97 Å². The highest BCUT2D eigenvalue weighted by atomic mass is 79.9. The quantitative estimate of drug-likeness (QED) is 0.615. The maximum atomic E-state index is 11.6. The molecule has 1 fully saturated rings. The van der Waals surface area contributed by atoms with E-state index in [4.69, 9.17) is 11.3 Å². The number of nitrogens with zero attached hydrogens (tertiary/aromatic N) is 1. The Bertz CT molecular complexity index is 486. The molecule has 0 N–H and O–H groups in total. The molecule has 0 atom stereocenters. The molecule has 0 aromatic heterocycles. The van der Waals surface area contributed by atoms with Crippen molar-refractivity contribution in [2.45, 2.75) is 18.4 Å². The predicted molar refractivity (Wildman–Crippen MR) is 63.0 cm³/mol. The van der Waals surface area contributed by atoms with E-state index in [0.717, 1.165) is 22.9 Å². The number of carbonyl (C=O) groups excluding carboxylic acids is 1. The molecule has 0 radical (unpaired) electrons. The van der Waals surface area contributed by atoms with Gasteiger partial charge in [-0.2, -0.15) is 0 Å². The Morgan fingerprint density at radius 3 is 2.75 bits per heavy atom. The van der Waals surface area contributed by atoms with E-state index in [0.29, 0.717) is 5.56 Å². The molecule has 1 aliphatic rings. The number of ether oxygens (including phenoxy) is 1. The van der Waals surface area contributed by atoms with Crippen molar-refractivity contribution in [3.63, 3.8) is 0 Å². The van der Waals surface area contributed by atoms with Crippen molar-refractivity contribution in [3.05, 3.63) is 45.2 Å². The first-order valence-electron chi connectivity index (χ1n) is 4.90. The summed E-state index contributed by atoms with van der Waals surface area (Å²) in [7, 11) is 1.35. The van der Waals surface area contributed by atoms with Crippen molar-refractivity contribution in [3.8, 4) is 0 Å². The molecule has 1 saturated carbocycles. The Morgan fingerprint density at radius 2 is 2.25 bits per heavy atom. The standard InChI is InChI=1S/C12H10BrNO2/c1-14-12(5-6-12)10-7-8(13)3-4-9(10)11(15)16-2/h3-4,7H,5-6H2,2H3. The summed E-state index contributed by atoms with van der Waals surface area (Å²) in [6.07, 6.45) is 1.63. The summed E-state index contributed by atoms with van der Waals surface area (Å²) < 4.78 is 5.61. The van der Waals surface area contributed by atoms with Crippen LogP contribution >= 0.6 is 15.9 Å². The van der Waals surface area contributed by atoms with Gasteiger partial charge in [0.25, 0.3) is 5.54 Å². The summed E-state index contributed by atoms with van der Waals surface area (Å²) in [4.78, 5) is 15.2. The first-order valence-corrected chi connectivity index (χ1v) is 5.69. The van der Waals surface area contributed by atoms with E-state index < -0.39 is 5.54 Å². The van der Waals surface area contributed by atoms with Crippen LogP contribution in [0.5, 0.6) is 0 Å². The largest absolute Gasteiger partial charge is 0.465 e. The molecule has 1 aromatic rings. The van der Waals surface area contributed by atoms with Crippen LogP contribution in [0.3, 0.4) is 0 Å². The number of hydrogen-bond donors (Lipinski definition) is 0. The van der Waals surface area contributed by atoms with Crippen molar-refractivity contribution in [1.29, 1.82) is 0 Å². The Labute approximate surface area is 102 Å². The topological polar surface area (TPSA) is 30.7 Å². The van der Waals surface area contributed by atoms with Crippen LogP contribution in [0.15, 0.2) is 22.7 Å². The van der Waals surface area contributed by atoms with Crippen LogP contribution in [-0.2, 0) is 10.3 Å². The lowest BCUT2D eigenvalue weighted by Crippen LogP contribution is -2.11. The van der Waals surface area contributed by atoms with Crippen molar-refractivity contribution in [2.75, 3.05) is 7.11 Å². The fourth-order valence-corrected chi connectivity index (χ4v) is 2.11. The van der Waals surface area contributed by atoms with Crippen LogP contribution in [0.1, 0.15) is 28.8 Å². The number of methoxy groups -OCH3 is 1. The first-order chi connectivity index (χ1) is 7.63. The number of hydrogen-bond acceptors (Lipinski definition) is 2. The van der Waals surface area contributed by atoms with Gasteiger partial charge in [0.1, 0.15) is 0 Å². The minimum atomic E-state index is -0.493. The Kier molecular flexibility index (Phi) is 2.73. The summed E-state index contributed by atoms with van der Waals surface area (Å²) in [5.74, 6) is -0.377. The minimum absolute atomic E-state index is 0.377. The number of halogens is 1. The lowest BCUT2D eigenvalue weighted by molar-refractivity contribution is 0.0599. The molecule has 2 rings (SSSR count). The Balaban J connectivity index is 2.54. The average Bonchev–Trinajstić information content (AvgIpc) is 3.09. The normalized spacial score (nSPS) is 16.3. The van der Waals surface area contributed by atoms with Gasteiger partial charge in [-0.25, -0.2) is 11.4 Å². The second-order valence-corrected chi connectivity index (χ2v) is 4.74. The highest BCUT2D eigenvalue weighted by Crippen LogP contribution is 2.51. The molecule has 0 spiro atoms. The summed E-state index contributed by atoms with van der Waals surface area (Å²) >= 11 is 3.36. The van der Waals surface area contributed by atoms with Gasteiger partial charge in [-0.05, 0) is 18.2 Å². The van der Waals surface area contributed by atoms with Crippen LogP contribution in [0, 0.1) is 6.57 Å². The van der Waals surface area contributed by atoms with E-state index in [2.05, 4.69) is 20.8 Å². The van der Waals surface area contributed by atoms with Gasteiger partial charge < -0.3 is 9.58 Å². The first kappa shape index (κ1) is 11.2. The van der Waals surface area contributed by atoms with Crippen molar-refractivity contribution in [2.24, 2.45) is 0 Å². The third-order valence-electron chi connectivity index (χ3n) is 2.83. The third-order valence-corrected chi connectivity index (χ3v) is 3.32. The lowest BCUT2D eigenvalue weighted by atomic mass is 9.99. The van der Waals surface area contributed by atoms with Crippen LogP contribution in [0.2, 0.25) is 0 Å². The fourth-order valence-electron chi connectivity index (χ4n) is 1.75. The molecule has 0 bridgehead atoms. The van der Waals surface area contributed by atoms with Gasteiger partial charge in [0, 0.05) is 17.3 Å². The zero-order valence-corrected chi connectivity index (χ0v) is 10.4. The summed E-state index contributed by atoms with van der Waals surface area (Å²) in [6.45, 7) is 7.23. The molecule has 3 nitrogen and oxygen atoms in total. The molecule has 82 valence electrons. The second kappa shape index (κ2) is 3.91. The molecule has 16 heavy (non-hydrogen) atoms. The summed E-state index contributed by atoms with van der Waals surface area (Å²) in [5.41, 5.74) is 0.788. The molecule has 0 unspecified atom stereocenters. The van der Waals surface area contributed by atoms with E-state index >= 15 is 0 Å². The molecule has 1 aliphatic carbocycles. The zero-order valence-electron chi connectivity index (χ0n) is 8.79. The third kappa shape index (κ3) is 1.72. The van der Waals surface area contributed by atoms with Crippen LogP contribution in [0.25, 0.3) is 4.85 Å². The van der Waals surface area contributed by atoms with Gasteiger partial charge in [-0.1, -0.05) is 15.9 Å². The van der Waals surface area contributed by atoms with Gasteiger partial charge in [-0.15, -0.1) is 0 Å². The molecule has 0 saturated heterocycles. The number of carbonyl (C=O) groups is 1. The molecule has 4 heteroatoms. The van der Waals surface area contributed by atoms with E-state index in [1.165, 1.54) is 7.11 Å². The highest BCUT2D eigenvalue weighted by molar-refractivity contribution is 9.10. The maximum Gasteiger partial charge on any atom is 0.338 e. The molecule has 0 heterocycles. The van der Waals surface area contributed by atoms with E-state index in [9.17, 15) is 4.79 Å². The van der Waals surface area contributed by atoms with Gasteiger partial charge in [-0.3, -0.25) is 0 Å². The summed E-state index contributed by atoms with van der Waals surface area (Å²) in [6, 6.07) is 5.34. The molecular formula is C12H10BrNO2. The number of benzene rings is 1. The van der Waals surface area contributed by atoms with Gasteiger partial charge in [0.2, 0.25) is 0 Å².